The van der Waals surface area contributed by atoms with Crippen LogP contribution in [-0.2, 0) is 4.79 Å². The van der Waals surface area contributed by atoms with Gasteiger partial charge in [-0.05, 0) is 31.4 Å². The zero-order chi connectivity index (χ0) is 13.7. The Kier molecular flexibility index (Phi) is 4.55. The molecular formula is C15H20N2O2. The molecule has 2 rings (SSSR count). The molecular weight excluding hydrogens is 240 g/mol. The molecule has 0 saturated carbocycles. The van der Waals surface area contributed by atoms with Crippen LogP contribution in [0.1, 0.15) is 35.2 Å². The Morgan fingerprint density at radius 3 is 2.58 bits per heavy atom. The Labute approximate surface area is 113 Å². The van der Waals surface area contributed by atoms with Crippen molar-refractivity contribution in [3.63, 3.8) is 0 Å². The molecule has 0 radical (unpaired) electrons. The molecule has 1 N–H and O–H groups in total. The molecule has 0 unspecified atom stereocenters. The third kappa shape index (κ3) is 3.56. The minimum atomic E-state index is -0.104. The van der Waals surface area contributed by atoms with Gasteiger partial charge in [0.15, 0.2) is 0 Å². The summed E-state index contributed by atoms with van der Waals surface area (Å²) in [6.45, 7) is 4.04. The van der Waals surface area contributed by atoms with Crippen LogP contribution in [0.15, 0.2) is 24.3 Å². The van der Waals surface area contributed by atoms with E-state index in [1.54, 1.807) is 6.07 Å². The van der Waals surface area contributed by atoms with Crippen molar-refractivity contribution < 1.29 is 9.59 Å². The molecule has 1 heterocycles. The molecule has 0 spiro atoms. The highest BCUT2D eigenvalue weighted by Gasteiger charge is 2.17. The van der Waals surface area contributed by atoms with Gasteiger partial charge in [-0.2, -0.15) is 0 Å². The largest absolute Gasteiger partial charge is 0.352 e. The van der Waals surface area contributed by atoms with Gasteiger partial charge in [0.05, 0.1) is 0 Å². The van der Waals surface area contributed by atoms with E-state index in [9.17, 15) is 9.59 Å². The summed E-state index contributed by atoms with van der Waals surface area (Å²) >= 11 is 0. The monoisotopic (exact) mass is 260 g/mol. The minimum Gasteiger partial charge on any atom is -0.352 e. The zero-order valence-electron chi connectivity index (χ0n) is 11.3. The lowest BCUT2D eigenvalue weighted by Crippen LogP contribution is -2.32. The van der Waals surface area contributed by atoms with Crippen LogP contribution in [0.4, 0.5) is 0 Å². The summed E-state index contributed by atoms with van der Waals surface area (Å²) in [5, 5.41) is 2.81. The Bertz CT molecular complexity index is 465. The van der Waals surface area contributed by atoms with E-state index >= 15 is 0 Å². The second kappa shape index (κ2) is 6.36. The molecule has 0 aliphatic carbocycles. The molecule has 4 nitrogen and oxygen atoms in total. The first-order chi connectivity index (χ1) is 9.18. The van der Waals surface area contributed by atoms with Crippen molar-refractivity contribution in [1.82, 2.24) is 10.2 Å². The average molecular weight is 260 g/mol. The third-order valence-corrected chi connectivity index (χ3v) is 3.47. The number of benzene rings is 1. The number of aryl methyl sites for hydroxylation is 1. The molecule has 2 amide bonds. The number of carbonyl (C=O) groups is 2. The summed E-state index contributed by atoms with van der Waals surface area (Å²) in [6, 6.07) is 7.46. The lowest BCUT2D eigenvalue weighted by molar-refractivity contribution is -0.129. The Hall–Kier alpha value is -1.84. The van der Waals surface area contributed by atoms with E-state index in [1.807, 2.05) is 30.0 Å². The number of likely N-dealkylation sites (tertiary alicyclic amines) is 1. The Balaban J connectivity index is 1.78. The summed E-state index contributed by atoms with van der Waals surface area (Å²) in [7, 11) is 0. The zero-order valence-corrected chi connectivity index (χ0v) is 11.3. The molecule has 102 valence electrons. The molecule has 4 heteroatoms. The highest BCUT2D eigenvalue weighted by molar-refractivity contribution is 5.95. The lowest BCUT2D eigenvalue weighted by Gasteiger charge is -2.15. The standard InChI is InChI=1S/C15H20N2O2/c1-12-6-2-3-7-13(12)15(19)16-9-8-14(18)17-10-4-5-11-17/h2-3,6-7H,4-5,8-11H2,1H3,(H,16,19). The second-order valence-corrected chi connectivity index (χ2v) is 4.91. The molecule has 1 fully saturated rings. The highest BCUT2D eigenvalue weighted by Crippen LogP contribution is 2.09. The van der Waals surface area contributed by atoms with E-state index < -0.39 is 0 Å². The second-order valence-electron chi connectivity index (χ2n) is 4.91. The predicted molar refractivity (Wildman–Crippen MR) is 73.9 cm³/mol. The van der Waals surface area contributed by atoms with E-state index in [0.29, 0.717) is 18.5 Å². The molecule has 1 saturated heterocycles. The number of nitrogens with zero attached hydrogens (tertiary/aromatic N) is 1. The van der Waals surface area contributed by atoms with Gasteiger partial charge in [-0.25, -0.2) is 0 Å². The van der Waals surface area contributed by atoms with Gasteiger partial charge in [-0.1, -0.05) is 18.2 Å². The number of nitrogens with one attached hydrogen (secondary N) is 1. The third-order valence-electron chi connectivity index (χ3n) is 3.47. The molecule has 0 bridgehead atoms. The van der Waals surface area contributed by atoms with Crippen molar-refractivity contribution in [2.75, 3.05) is 19.6 Å². The van der Waals surface area contributed by atoms with Crippen LogP contribution >= 0.6 is 0 Å². The normalized spacial score (nSPS) is 14.5. The maximum atomic E-state index is 11.9. The van der Waals surface area contributed by atoms with Crippen LogP contribution in [0.25, 0.3) is 0 Å². The van der Waals surface area contributed by atoms with Crippen molar-refractivity contribution >= 4 is 11.8 Å². The molecule has 1 aliphatic heterocycles. The van der Waals surface area contributed by atoms with Crippen molar-refractivity contribution in [1.29, 1.82) is 0 Å². The molecule has 19 heavy (non-hydrogen) atoms. The van der Waals surface area contributed by atoms with Gasteiger partial charge >= 0.3 is 0 Å². The Morgan fingerprint density at radius 2 is 1.89 bits per heavy atom. The first kappa shape index (κ1) is 13.6. The topological polar surface area (TPSA) is 49.4 Å². The van der Waals surface area contributed by atoms with Crippen molar-refractivity contribution in [3.05, 3.63) is 35.4 Å². The number of carbonyl (C=O) groups excluding carboxylic acids is 2. The van der Waals surface area contributed by atoms with Crippen LogP contribution in [0.3, 0.4) is 0 Å². The summed E-state index contributed by atoms with van der Waals surface area (Å²) < 4.78 is 0. The average Bonchev–Trinajstić information content (AvgIpc) is 2.93. The van der Waals surface area contributed by atoms with Crippen LogP contribution < -0.4 is 5.32 Å². The molecule has 1 aromatic rings. The van der Waals surface area contributed by atoms with Gasteiger partial charge in [0.2, 0.25) is 5.91 Å². The van der Waals surface area contributed by atoms with E-state index in [1.165, 1.54) is 0 Å². The smallest absolute Gasteiger partial charge is 0.251 e. The minimum absolute atomic E-state index is 0.104. The molecule has 1 aromatic carbocycles. The van der Waals surface area contributed by atoms with Crippen LogP contribution in [0, 0.1) is 6.92 Å². The van der Waals surface area contributed by atoms with E-state index in [-0.39, 0.29) is 11.8 Å². The predicted octanol–water partition coefficient (Wildman–Crippen LogP) is 1.74. The number of hydrogen-bond donors (Lipinski definition) is 1. The van der Waals surface area contributed by atoms with E-state index in [4.69, 9.17) is 0 Å². The lowest BCUT2D eigenvalue weighted by atomic mass is 10.1. The van der Waals surface area contributed by atoms with E-state index in [2.05, 4.69) is 5.32 Å². The van der Waals surface area contributed by atoms with Gasteiger partial charge in [-0.3, -0.25) is 9.59 Å². The quantitative estimate of drug-likeness (QED) is 0.896. The van der Waals surface area contributed by atoms with Gasteiger partial charge < -0.3 is 10.2 Å². The SMILES string of the molecule is Cc1ccccc1C(=O)NCCC(=O)N1CCCC1. The van der Waals surface area contributed by atoms with Crippen LogP contribution in [-0.4, -0.2) is 36.3 Å². The fourth-order valence-electron chi connectivity index (χ4n) is 2.33. The van der Waals surface area contributed by atoms with Gasteiger partial charge in [0, 0.05) is 31.6 Å². The number of hydrogen-bond acceptors (Lipinski definition) is 2. The molecule has 1 aliphatic rings. The van der Waals surface area contributed by atoms with Crippen molar-refractivity contribution in [3.8, 4) is 0 Å². The fraction of sp³-hybridized carbons (Fsp3) is 0.467. The van der Waals surface area contributed by atoms with Gasteiger partial charge in [0.1, 0.15) is 0 Å². The fourth-order valence-corrected chi connectivity index (χ4v) is 2.33. The maximum absolute atomic E-state index is 11.9. The summed E-state index contributed by atoms with van der Waals surface area (Å²) in [4.78, 5) is 25.6. The van der Waals surface area contributed by atoms with Gasteiger partial charge in [-0.15, -0.1) is 0 Å². The van der Waals surface area contributed by atoms with Gasteiger partial charge in [0.25, 0.3) is 5.91 Å². The maximum Gasteiger partial charge on any atom is 0.251 e. The highest BCUT2D eigenvalue weighted by atomic mass is 16.2. The number of rotatable bonds is 4. The van der Waals surface area contributed by atoms with Crippen molar-refractivity contribution in [2.45, 2.75) is 26.2 Å². The number of amides is 2. The Morgan fingerprint density at radius 1 is 1.21 bits per heavy atom. The van der Waals surface area contributed by atoms with Crippen molar-refractivity contribution in [2.24, 2.45) is 0 Å². The molecule has 0 aromatic heterocycles. The van der Waals surface area contributed by atoms with Crippen LogP contribution in [0.2, 0.25) is 0 Å². The summed E-state index contributed by atoms with van der Waals surface area (Å²) in [5.74, 6) is 0.0369. The summed E-state index contributed by atoms with van der Waals surface area (Å²) in [6.07, 6.45) is 2.58. The first-order valence-electron chi connectivity index (χ1n) is 6.80. The van der Waals surface area contributed by atoms with Crippen LogP contribution in [0.5, 0.6) is 0 Å². The first-order valence-corrected chi connectivity index (χ1v) is 6.80. The summed E-state index contributed by atoms with van der Waals surface area (Å²) in [5.41, 5.74) is 1.63. The molecule has 0 atom stereocenters. The van der Waals surface area contributed by atoms with E-state index in [0.717, 1.165) is 31.5 Å².